The Hall–Kier alpha value is -2.59. The highest BCUT2D eigenvalue weighted by molar-refractivity contribution is 7.98. The maximum absolute atomic E-state index is 10.0. The van der Waals surface area contributed by atoms with Crippen molar-refractivity contribution in [3.05, 3.63) is 41.5 Å². The van der Waals surface area contributed by atoms with Crippen LogP contribution in [0.15, 0.2) is 40.8 Å². The zero-order valence-corrected chi connectivity index (χ0v) is 16.3. The highest BCUT2D eigenvalue weighted by Crippen LogP contribution is 2.52. The molecule has 1 fully saturated rings. The lowest BCUT2D eigenvalue weighted by molar-refractivity contribution is -0.897. The molecular weight excluding hydrogens is 354 g/mol. The van der Waals surface area contributed by atoms with Crippen molar-refractivity contribution in [2.45, 2.75) is 17.7 Å². The number of nitrogens with one attached hydrogen (secondary N) is 2. The highest BCUT2D eigenvalue weighted by atomic mass is 32.2. The summed E-state index contributed by atoms with van der Waals surface area (Å²) in [6.07, 6.45) is 4.07. The van der Waals surface area contributed by atoms with Gasteiger partial charge >= 0.3 is 0 Å². The van der Waals surface area contributed by atoms with Crippen LogP contribution in [0.2, 0.25) is 0 Å². The van der Waals surface area contributed by atoms with E-state index in [4.69, 9.17) is 5.41 Å². The topological polar surface area (TPSA) is 99.7 Å². The van der Waals surface area contributed by atoms with Crippen molar-refractivity contribution < 1.29 is 4.90 Å². The van der Waals surface area contributed by atoms with Crippen LogP contribution in [0.1, 0.15) is 18.4 Å². The Labute approximate surface area is 164 Å². The standard InChI is InChI=1S/C21H21N5S/c1-3-26-9-8-16-17(10-22)20(25)21(12-23,13-24)19(18(16)11-26)14-4-6-15(27-2)7-5-14/h4-8,17-19,25H,3,9,11H2,1-2H3/p+1/t17?,18-,19-/m1/s1. The fourth-order valence-electron chi connectivity index (χ4n) is 4.44. The maximum Gasteiger partial charge on any atom is 0.189 e. The molecule has 27 heavy (non-hydrogen) atoms. The van der Waals surface area contributed by atoms with Gasteiger partial charge in [0.2, 0.25) is 0 Å². The zero-order chi connectivity index (χ0) is 19.6. The molecule has 4 atom stereocenters. The van der Waals surface area contributed by atoms with E-state index in [2.05, 4.69) is 31.2 Å². The molecule has 0 amide bonds. The summed E-state index contributed by atoms with van der Waals surface area (Å²) < 4.78 is 0. The molecule has 0 aromatic heterocycles. The lowest BCUT2D eigenvalue weighted by Crippen LogP contribution is -3.13. The smallest absolute Gasteiger partial charge is 0.189 e. The number of likely N-dealkylation sites (N-methyl/N-ethyl adjacent to an activating group) is 1. The van der Waals surface area contributed by atoms with Crippen LogP contribution < -0.4 is 4.90 Å². The third-order valence-corrected chi connectivity index (χ3v) is 6.68. The van der Waals surface area contributed by atoms with E-state index in [9.17, 15) is 15.8 Å². The van der Waals surface area contributed by atoms with Crippen molar-refractivity contribution in [3.63, 3.8) is 0 Å². The van der Waals surface area contributed by atoms with Gasteiger partial charge in [0.1, 0.15) is 5.92 Å². The van der Waals surface area contributed by atoms with E-state index in [0.717, 1.165) is 35.7 Å². The summed E-state index contributed by atoms with van der Waals surface area (Å²) in [7, 11) is 0. The third kappa shape index (κ3) is 2.94. The summed E-state index contributed by atoms with van der Waals surface area (Å²) in [6.45, 7) is 4.65. The van der Waals surface area contributed by atoms with Crippen LogP contribution >= 0.6 is 11.8 Å². The molecule has 0 saturated heterocycles. The van der Waals surface area contributed by atoms with Crippen LogP contribution in [0.5, 0.6) is 0 Å². The lowest BCUT2D eigenvalue weighted by Gasteiger charge is -2.46. The number of fused-ring (bicyclic) bond motifs is 1. The van der Waals surface area contributed by atoms with Crippen LogP contribution in [0.4, 0.5) is 0 Å². The van der Waals surface area contributed by atoms with Gasteiger partial charge in [-0.05, 0) is 42.5 Å². The van der Waals surface area contributed by atoms with Gasteiger partial charge in [0.15, 0.2) is 5.41 Å². The average Bonchev–Trinajstić information content (AvgIpc) is 2.73. The second kappa shape index (κ2) is 7.57. The van der Waals surface area contributed by atoms with Gasteiger partial charge in [0.05, 0.1) is 43.6 Å². The predicted molar refractivity (Wildman–Crippen MR) is 104 cm³/mol. The van der Waals surface area contributed by atoms with Gasteiger partial charge in [-0.15, -0.1) is 11.8 Å². The van der Waals surface area contributed by atoms with E-state index in [1.54, 1.807) is 11.8 Å². The van der Waals surface area contributed by atoms with Crippen molar-refractivity contribution in [1.82, 2.24) is 0 Å². The Balaban J connectivity index is 2.21. The molecule has 2 unspecified atom stereocenters. The molecule has 5 nitrogen and oxygen atoms in total. The van der Waals surface area contributed by atoms with Crippen molar-refractivity contribution >= 4 is 17.5 Å². The summed E-state index contributed by atoms with van der Waals surface area (Å²) in [5, 5.41) is 38.4. The summed E-state index contributed by atoms with van der Waals surface area (Å²) in [5.74, 6) is -1.31. The largest absolute Gasteiger partial charge is 0.331 e. The van der Waals surface area contributed by atoms with Gasteiger partial charge in [-0.2, -0.15) is 15.8 Å². The van der Waals surface area contributed by atoms with E-state index in [1.165, 1.54) is 4.90 Å². The highest BCUT2D eigenvalue weighted by Gasteiger charge is 2.58. The number of thioether (sulfide) groups is 1. The van der Waals surface area contributed by atoms with Crippen LogP contribution in [-0.4, -0.2) is 31.6 Å². The molecule has 1 aliphatic carbocycles. The Morgan fingerprint density at radius 2 is 1.89 bits per heavy atom. The maximum atomic E-state index is 10.0. The minimum Gasteiger partial charge on any atom is -0.331 e. The minimum absolute atomic E-state index is 0.0728. The second-order valence-electron chi connectivity index (χ2n) is 7.08. The van der Waals surface area contributed by atoms with Crippen LogP contribution in [0.25, 0.3) is 0 Å². The Kier molecular flexibility index (Phi) is 5.38. The van der Waals surface area contributed by atoms with Crippen molar-refractivity contribution in [2.24, 2.45) is 17.3 Å². The molecule has 1 aromatic carbocycles. The van der Waals surface area contributed by atoms with E-state index in [-0.39, 0.29) is 11.6 Å². The molecule has 0 spiro atoms. The first-order chi connectivity index (χ1) is 13.1. The van der Waals surface area contributed by atoms with Gasteiger partial charge in [0, 0.05) is 16.7 Å². The number of nitrogens with zero attached hydrogens (tertiary/aromatic N) is 3. The number of nitriles is 3. The molecule has 6 heteroatoms. The molecule has 1 aromatic rings. The first kappa shape index (κ1) is 19.2. The number of rotatable bonds is 3. The van der Waals surface area contributed by atoms with Gasteiger partial charge in [0.25, 0.3) is 0 Å². The molecular formula is C21H22N5S+. The third-order valence-electron chi connectivity index (χ3n) is 5.94. The molecule has 1 aliphatic heterocycles. The summed E-state index contributed by atoms with van der Waals surface area (Å²) in [4.78, 5) is 2.48. The van der Waals surface area contributed by atoms with E-state index < -0.39 is 17.3 Å². The number of benzene rings is 1. The van der Waals surface area contributed by atoms with E-state index in [1.807, 2.05) is 30.5 Å². The molecule has 1 saturated carbocycles. The van der Waals surface area contributed by atoms with Crippen molar-refractivity contribution in [2.75, 3.05) is 25.9 Å². The van der Waals surface area contributed by atoms with E-state index >= 15 is 0 Å². The van der Waals surface area contributed by atoms with Crippen LogP contribution in [-0.2, 0) is 0 Å². The molecule has 2 aliphatic rings. The zero-order valence-electron chi connectivity index (χ0n) is 15.5. The normalized spacial score (nSPS) is 28.9. The quantitative estimate of drug-likeness (QED) is 0.624. The second-order valence-corrected chi connectivity index (χ2v) is 7.96. The fourth-order valence-corrected chi connectivity index (χ4v) is 4.85. The Morgan fingerprint density at radius 1 is 1.22 bits per heavy atom. The molecule has 1 heterocycles. The van der Waals surface area contributed by atoms with Crippen molar-refractivity contribution in [3.8, 4) is 18.2 Å². The summed E-state index contributed by atoms with van der Waals surface area (Å²) in [6, 6.07) is 14.4. The SMILES string of the molecule is CC[NH+]1CC=C2C(C#N)C(=N)C(C#N)(C#N)[C@H](c3ccc(SC)cc3)[C@@H]2C1. The first-order valence-electron chi connectivity index (χ1n) is 9.04. The summed E-state index contributed by atoms with van der Waals surface area (Å²) >= 11 is 1.64. The van der Waals surface area contributed by atoms with Crippen LogP contribution in [0, 0.1) is 56.7 Å². The Bertz CT molecular complexity index is 882. The van der Waals surface area contributed by atoms with Gasteiger partial charge in [-0.3, -0.25) is 0 Å². The number of hydrogen-bond donors (Lipinski definition) is 2. The van der Waals surface area contributed by atoms with Gasteiger partial charge < -0.3 is 10.3 Å². The molecule has 136 valence electrons. The fraction of sp³-hybridized carbons (Fsp3) is 0.429. The minimum atomic E-state index is -1.61. The van der Waals surface area contributed by atoms with Crippen molar-refractivity contribution in [1.29, 1.82) is 21.2 Å². The summed E-state index contributed by atoms with van der Waals surface area (Å²) in [5.41, 5.74) is 0.126. The predicted octanol–water partition coefficient (Wildman–Crippen LogP) is 2.16. The molecule has 0 radical (unpaired) electrons. The monoisotopic (exact) mass is 376 g/mol. The van der Waals surface area contributed by atoms with Gasteiger partial charge in [-0.1, -0.05) is 12.1 Å². The first-order valence-corrected chi connectivity index (χ1v) is 10.3. The molecule has 0 bridgehead atoms. The van der Waals surface area contributed by atoms with Gasteiger partial charge in [-0.25, -0.2) is 0 Å². The van der Waals surface area contributed by atoms with E-state index in [0.29, 0.717) is 0 Å². The lowest BCUT2D eigenvalue weighted by atomic mass is 9.54. The molecule has 2 N–H and O–H groups in total. The Morgan fingerprint density at radius 3 is 2.41 bits per heavy atom. The number of quaternary nitrogens is 1. The molecule has 3 rings (SSSR count). The number of hydrogen-bond acceptors (Lipinski definition) is 5. The average molecular weight is 377 g/mol. The van der Waals surface area contributed by atoms with Crippen LogP contribution in [0.3, 0.4) is 0 Å².